The number of primary amides is 1. The molecule has 21 heavy (non-hydrogen) atoms. The zero-order valence-electron chi connectivity index (χ0n) is 11.7. The SMILES string of the molecule is Cc1oc2ccccc2c1CNc1cnn(CC(N)=O)c1. The van der Waals surface area contributed by atoms with Crippen molar-refractivity contribution in [3.05, 3.63) is 48.0 Å². The number of furan rings is 1. The fraction of sp³-hybridized carbons (Fsp3) is 0.200. The predicted molar refractivity (Wildman–Crippen MR) is 79.7 cm³/mol. The number of para-hydroxylation sites is 1. The van der Waals surface area contributed by atoms with Gasteiger partial charge < -0.3 is 15.5 Å². The Bertz CT molecular complexity index is 788. The average molecular weight is 284 g/mol. The van der Waals surface area contributed by atoms with E-state index in [9.17, 15) is 4.79 Å². The van der Waals surface area contributed by atoms with Crippen LogP contribution in [0.25, 0.3) is 11.0 Å². The molecule has 0 aliphatic carbocycles. The Labute approximate surface area is 121 Å². The zero-order chi connectivity index (χ0) is 14.8. The van der Waals surface area contributed by atoms with E-state index in [1.807, 2.05) is 31.2 Å². The lowest BCUT2D eigenvalue weighted by atomic mass is 10.1. The highest BCUT2D eigenvalue weighted by molar-refractivity contribution is 5.82. The first-order valence-corrected chi connectivity index (χ1v) is 6.65. The van der Waals surface area contributed by atoms with Crippen LogP contribution < -0.4 is 11.1 Å². The second kappa shape index (κ2) is 5.32. The van der Waals surface area contributed by atoms with Crippen LogP contribution in [0.2, 0.25) is 0 Å². The lowest BCUT2D eigenvalue weighted by molar-refractivity contribution is -0.118. The van der Waals surface area contributed by atoms with Crippen LogP contribution >= 0.6 is 0 Å². The lowest BCUT2D eigenvalue weighted by Gasteiger charge is -2.03. The summed E-state index contributed by atoms with van der Waals surface area (Å²) < 4.78 is 7.23. The molecule has 0 saturated heterocycles. The predicted octanol–water partition coefficient (Wildman–Crippen LogP) is 2.04. The summed E-state index contributed by atoms with van der Waals surface area (Å²) in [4.78, 5) is 10.8. The molecule has 2 aromatic heterocycles. The molecule has 0 aliphatic heterocycles. The number of carbonyl (C=O) groups excluding carboxylic acids is 1. The monoisotopic (exact) mass is 284 g/mol. The number of aromatic nitrogens is 2. The van der Waals surface area contributed by atoms with Gasteiger partial charge in [-0.2, -0.15) is 5.10 Å². The van der Waals surface area contributed by atoms with Crippen LogP contribution in [0.1, 0.15) is 11.3 Å². The molecule has 0 radical (unpaired) electrons. The van der Waals surface area contributed by atoms with Crippen molar-refractivity contribution >= 4 is 22.6 Å². The molecule has 3 N–H and O–H groups in total. The fourth-order valence-electron chi connectivity index (χ4n) is 2.33. The highest BCUT2D eigenvalue weighted by Gasteiger charge is 2.10. The Hall–Kier alpha value is -2.76. The molecule has 1 amide bonds. The van der Waals surface area contributed by atoms with E-state index in [2.05, 4.69) is 10.4 Å². The van der Waals surface area contributed by atoms with Crippen molar-refractivity contribution in [3.63, 3.8) is 0 Å². The van der Waals surface area contributed by atoms with Gasteiger partial charge in [0, 0.05) is 23.7 Å². The molecule has 0 spiro atoms. The highest BCUT2D eigenvalue weighted by Crippen LogP contribution is 2.25. The Morgan fingerprint density at radius 1 is 1.43 bits per heavy atom. The highest BCUT2D eigenvalue weighted by atomic mass is 16.3. The summed E-state index contributed by atoms with van der Waals surface area (Å²) in [5.41, 5.74) is 7.97. The van der Waals surface area contributed by atoms with E-state index in [1.54, 1.807) is 12.4 Å². The standard InChI is InChI=1S/C15H16N4O2/c1-10-13(12-4-2-3-5-14(12)21-10)7-17-11-6-18-19(8-11)9-15(16)20/h2-6,8,17H,7,9H2,1H3,(H2,16,20). The smallest absolute Gasteiger partial charge is 0.239 e. The number of hydrogen-bond donors (Lipinski definition) is 2. The molecule has 1 aromatic carbocycles. The topological polar surface area (TPSA) is 86.1 Å². The van der Waals surface area contributed by atoms with Crippen LogP contribution in [0.3, 0.4) is 0 Å². The van der Waals surface area contributed by atoms with Crippen molar-refractivity contribution in [3.8, 4) is 0 Å². The molecule has 0 bridgehead atoms. The number of fused-ring (bicyclic) bond motifs is 1. The third kappa shape index (κ3) is 2.74. The molecule has 0 saturated carbocycles. The normalized spacial score (nSPS) is 10.9. The van der Waals surface area contributed by atoms with Gasteiger partial charge in [-0.1, -0.05) is 18.2 Å². The number of carbonyl (C=O) groups is 1. The molecule has 0 fully saturated rings. The van der Waals surface area contributed by atoms with Crippen LogP contribution in [0.4, 0.5) is 5.69 Å². The molecule has 6 heteroatoms. The van der Waals surface area contributed by atoms with Gasteiger partial charge in [0.15, 0.2) is 0 Å². The first-order valence-electron chi connectivity index (χ1n) is 6.65. The number of hydrogen-bond acceptors (Lipinski definition) is 4. The minimum atomic E-state index is -0.415. The number of benzene rings is 1. The van der Waals surface area contributed by atoms with Gasteiger partial charge in [0.05, 0.1) is 11.9 Å². The molecular weight excluding hydrogens is 268 g/mol. The van der Waals surface area contributed by atoms with Crippen molar-refractivity contribution in [2.24, 2.45) is 5.73 Å². The van der Waals surface area contributed by atoms with Crippen LogP contribution in [0.5, 0.6) is 0 Å². The van der Waals surface area contributed by atoms with E-state index >= 15 is 0 Å². The number of rotatable bonds is 5. The average Bonchev–Trinajstić information content (AvgIpc) is 2.99. The van der Waals surface area contributed by atoms with Crippen molar-refractivity contribution < 1.29 is 9.21 Å². The third-order valence-electron chi connectivity index (χ3n) is 3.32. The number of anilines is 1. The van der Waals surface area contributed by atoms with E-state index in [0.29, 0.717) is 6.54 Å². The number of nitrogens with two attached hydrogens (primary N) is 1. The van der Waals surface area contributed by atoms with Gasteiger partial charge in [0.25, 0.3) is 0 Å². The molecule has 3 rings (SSSR count). The minimum absolute atomic E-state index is 0.0787. The number of aryl methyl sites for hydroxylation is 1. The van der Waals surface area contributed by atoms with E-state index in [1.165, 1.54) is 4.68 Å². The molecule has 0 atom stereocenters. The summed E-state index contributed by atoms with van der Waals surface area (Å²) in [5.74, 6) is 0.481. The van der Waals surface area contributed by atoms with Gasteiger partial charge in [-0.05, 0) is 13.0 Å². The van der Waals surface area contributed by atoms with E-state index in [-0.39, 0.29) is 6.54 Å². The molecule has 108 valence electrons. The van der Waals surface area contributed by atoms with Gasteiger partial charge in [-0.15, -0.1) is 0 Å². The maximum Gasteiger partial charge on any atom is 0.239 e. The minimum Gasteiger partial charge on any atom is -0.461 e. The second-order valence-electron chi connectivity index (χ2n) is 4.88. The Balaban J connectivity index is 1.76. The van der Waals surface area contributed by atoms with Crippen molar-refractivity contribution in [1.82, 2.24) is 9.78 Å². The fourth-order valence-corrected chi connectivity index (χ4v) is 2.33. The second-order valence-corrected chi connectivity index (χ2v) is 4.88. The molecular formula is C15H16N4O2. The molecule has 3 aromatic rings. The summed E-state index contributed by atoms with van der Waals surface area (Å²) in [5, 5.41) is 8.45. The van der Waals surface area contributed by atoms with Gasteiger partial charge in [0.2, 0.25) is 5.91 Å². The van der Waals surface area contributed by atoms with Gasteiger partial charge >= 0.3 is 0 Å². The molecule has 0 unspecified atom stereocenters. The van der Waals surface area contributed by atoms with E-state index < -0.39 is 5.91 Å². The van der Waals surface area contributed by atoms with Crippen molar-refractivity contribution in [2.45, 2.75) is 20.0 Å². The summed E-state index contributed by atoms with van der Waals surface area (Å²) in [6.07, 6.45) is 3.42. The Morgan fingerprint density at radius 3 is 3.05 bits per heavy atom. The maximum absolute atomic E-state index is 10.8. The van der Waals surface area contributed by atoms with Gasteiger partial charge in [0.1, 0.15) is 17.9 Å². The van der Waals surface area contributed by atoms with E-state index in [4.69, 9.17) is 10.2 Å². The largest absolute Gasteiger partial charge is 0.461 e. The molecule has 6 nitrogen and oxygen atoms in total. The summed E-state index contributed by atoms with van der Waals surface area (Å²) >= 11 is 0. The molecule has 2 heterocycles. The van der Waals surface area contributed by atoms with E-state index in [0.717, 1.165) is 28.0 Å². The first kappa shape index (κ1) is 13.2. The van der Waals surface area contributed by atoms with Crippen LogP contribution in [0.15, 0.2) is 41.1 Å². The lowest BCUT2D eigenvalue weighted by Crippen LogP contribution is -2.18. The third-order valence-corrected chi connectivity index (χ3v) is 3.32. The van der Waals surface area contributed by atoms with Gasteiger partial charge in [-0.25, -0.2) is 0 Å². The van der Waals surface area contributed by atoms with Crippen LogP contribution in [-0.2, 0) is 17.9 Å². The van der Waals surface area contributed by atoms with Crippen LogP contribution in [0, 0.1) is 6.92 Å². The summed E-state index contributed by atoms with van der Waals surface area (Å²) in [6.45, 7) is 2.66. The summed E-state index contributed by atoms with van der Waals surface area (Å²) in [7, 11) is 0. The van der Waals surface area contributed by atoms with Crippen LogP contribution in [-0.4, -0.2) is 15.7 Å². The zero-order valence-corrected chi connectivity index (χ0v) is 11.7. The van der Waals surface area contributed by atoms with Gasteiger partial charge in [-0.3, -0.25) is 9.48 Å². The number of nitrogens with one attached hydrogen (secondary N) is 1. The maximum atomic E-state index is 10.8. The molecule has 0 aliphatic rings. The Morgan fingerprint density at radius 2 is 2.24 bits per heavy atom. The number of amides is 1. The van der Waals surface area contributed by atoms with Crippen molar-refractivity contribution in [2.75, 3.05) is 5.32 Å². The van der Waals surface area contributed by atoms with Crippen molar-refractivity contribution in [1.29, 1.82) is 0 Å². The summed E-state index contributed by atoms with van der Waals surface area (Å²) in [6, 6.07) is 7.94. The first-order chi connectivity index (χ1) is 10.1. The quantitative estimate of drug-likeness (QED) is 0.750. The Kier molecular flexibility index (Phi) is 3.35. The number of nitrogens with zero attached hydrogens (tertiary/aromatic N) is 2.